The second kappa shape index (κ2) is 6.53. The van der Waals surface area contributed by atoms with Crippen molar-refractivity contribution in [2.75, 3.05) is 26.2 Å². The monoisotopic (exact) mass is 296 g/mol. The molecule has 0 aromatic heterocycles. The predicted molar refractivity (Wildman–Crippen MR) is 76.4 cm³/mol. The molecule has 0 saturated carbocycles. The van der Waals surface area contributed by atoms with E-state index in [4.69, 9.17) is 0 Å². The van der Waals surface area contributed by atoms with Gasteiger partial charge in [-0.05, 0) is 37.5 Å². The fourth-order valence-electron chi connectivity index (χ4n) is 2.37. The molecule has 2 rings (SSSR count). The second-order valence-corrected chi connectivity index (χ2v) is 5.72. The molecule has 0 aliphatic carbocycles. The van der Waals surface area contributed by atoms with Crippen LogP contribution in [0.2, 0.25) is 0 Å². The van der Waals surface area contributed by atoms with Crippen molar-refractivity contribution in [1.82, 2.24) is 10.2 Å². The average molecular weight is 297 g/mol. The average Bonchev–Trinajstić information content (AvgIpc) is 2.37. The van der Waals surface area contributed by atoms with E-state index in [1.54, 1.807) is 0 Å². The van der Waals surface area contributed by atoms with Crippen molar-refractivity contribution >= 4 is 15.9 Å². The van der Waals surface area contributed by atoms with Crippen LogP contribution in [0.4, 0.5) is 0 Å². The number of aryl methyl sites for hydroxylation is 1. The van der Waals surface area contributed by atoms with E-state index < -0.39 is 0 Å². The summed E-state index contributed by atoms with van der Waals surface area (Å²) in [5.74, 6) is 0. The van der Waals surface area contributed by atoms with Crippen molar-refractivity contribution in [1.29, 1.82) is 0 Å². The lowest BCUT2D eigenvalue weighted by molar-refractivity contribution is 0.177. The molecule has 1 saturated heterocycles. The first kappa shape index (κ1) is 13.1. The predicted octanol–water partition coefficient (Wildman–Crippen LogP) is 2.68. The minimum absolute atomic E-state index is 0.691. The van der Waals surface area contributed by atoms with Crippen LogP contribution in [0.3, 0.4) is 0 Å². The number of hydrogen-bond acceptors (Lipinski definition) is 2. The Morgan fingerprint density at radius 3 is 2.82 bits per heavy atom. The van der Waals surface area contributed by atoms with Gasteiger partial charge in [0.15, 0.2) is 0 Å². The van der Waals surface area contributed by atoms with Gasteiger partial charge in [-0.15, -0.1) is 0 Å². The van der Waals surface area contributed by atoms with E-state index in [1.807, 2.05) is 0 Å². The van der Waals surface area contributed by atoms with Crippen LogP contribution in [-0.2, 0) is 6.42 Å². The Morgan fingerprint density at radius 2 is 2.12 bits per heavy atom. The molecule has 1 aliphatic heterocycles. The maximum absolute atomic E-state index is 3.53. The summed E-state index contributed by atoms with van der Waals surface area (Å²) in [6, 6.07) is 9.34. The van der Waals surface area contributed by atoms with Crippen LogP contribution >= 0.6 is 15.9 Å². The molecule has 1 atom stereocenters. The molecule has 0 spiro atoms. The van der Waals surface area contributed by atoms with Gasteiger partial charge in [-0.1, -0.05) is 28.1 Å². The molecule has 1 aromatic rings. The number of benzene rings is 1. The summed E-state index contributed by atoms with van der Waals surface area (Å²) in [5.41, 5.74) is 1.43. The number of nitrogens with one attached hydrogen (secondary N) is 1. The summed E-state index contributed by atoms with van der Waals surface area (Å²) in [6.45, 7) is 7.02. The van der Waals surface area contributed by atoms with E-state index in [0.29, 0.717) is 6.04 Å². The zero-order valence-corrected chi connectivity index (χ0v) is 12.0. The fraction of sp³-hybridized carbons (Fsp3) is 0.571. The fourth-order valence-corrected chi connectivity index (χ4v) is 2.82. The summed E-state index contributed by atoms with van der Waals surface area (Å²) < 4.78 is 1.19. The van der Waals surface area contributed by atoms with Gasteiger partial charge in [-0.25, -0.2) is 0 Å². The summed E-state index contributed by atoms with van der Waals surface area (Å²) in [6.07, 6.45) is 2.42. The number of halogens is 1. The third-order valence-electron chi connectivity index (χ3n) is 3.51. The van der Waals surface area contributed by atoms with E-state index in [2.05, 4.69) is 57.3 Å². The van der Waals surface area contributed by atoms with Gasteiger partial charge < -0.3 is 5.32 Å². The Labute approximate surface area is 113 Å². The van der Waals surface area contributed by atoms with Crippen LogP contribution in [-0.4, -0.2) is 37.1 Å². The van der Waals surface area contributed by atoms with Crippen molar-refractivity contribution in [3.63, 3.8) is 0 Å². The lowest BCUT2D eigenvalue weighted by atomic mass is 10.0. The maximum Gasteiger partial charge on any atom is 0.0177 e. The normalized spacial score (nSPS) is 19.2. The van der Waals surface area contributed by atoms with Crippen LogP contribution in [0.15, 0.2) is 28.7 Å². The minimum atomic E-state index is 0.691. The SMILES string of the molecule is CC(CCc1cccc(Br)c1)N1CCNCC1. The first-order chi connectivity index (χ1) is 8.25. The molecule has 1 aliphatic rings. The molecule has 3 heteroatoms. The molecule has 1 unspecified atom stereocenters. The molecule has 0 amide bonds. The Kier molecular flexibility index (Phi) is 5.01. The molecule has 94 valence electrons. The molecular weight excluding hydrogens is 276 g/mol. The van der Waals surface area contributed by atoms with Crippen molar-refractivity contribution in [3.05, 3.63) is 34.3 Å². The smallest absolute Gasteiger partial charge is 0.0177 e. The largest absolute Gasteiger partial charge is 0.314 e. The molecule has 1 aromatic carbocycles. The summed E-state index contributed by atoms with van der Waals surface area (Å²) in [5, 5.41) is 3.40. The van der Waals surface area contributed by atoms with Crippen molar-refractivity contribution in [2.24, 2.45) is 0 Å². The van der Waals surface area contributed by atoms with Gasteiger partial charge in [0.2, 0.25) is 0 Å². The number of nitrogens with zero attached hydrogens (tertiary/aromatic N) is 1. The lowest BCUT2D eigenvalue weighted by Gasteiger charge is -2.32. The van der Waals surface area contributed by atoms with Gasteiger partial charge in [0.25, 0.3) is 0 Å². The molecule has 1 N–H and O–H groups in total. The molecule has 1 heterocycles. The Balaban J connectivity index is 1.80. The topological polar surface area (TPSA) is 15.3 Å². The first-order valence-corrected chi connectivity index (χ1v) is 7.24. The van der Waals surface area contributed by atoms with Gasteiger partial charge in [0.05, 0.1) is 0 Å². The highest BCUT2D eigenvalue weighted by Gasteiger charge is 2.15. The van der Waals surface area contributed by atoms with E-state index in [0.717, 1.165) is 13.1 Å². The maximum atomic E-state index is 3.53. The van der Waals surface area contributed by atoms with Crippen molar-refractivity contribution in [2.45, 2.75) is 25.8 Å². The Bertz CT molecular complexity index is 348. The van der Waals surface area contributed by atoms with Crippen molar-refractivity contribution < 1.29 is 0 Å². The highest BCUT2D eigenvalue weighted by molar-refractivity contribution is 9.10. The summed E-state index contributed by atoms with van der Waals surface area (Å²) >= 11 is 3.53. The van der Waals surface area contributed by atoms with E-state index in [9.17, 15) is 0 Å². The van der Waals surface area contributed by atoms with Crippen LogP contribution in [0, 0.1) is 0 Å². The van der Waals surface area contributed by atoms with E-state index in [1.165, 1.54) is 36.0 Å². The van der Waals surface area contributed by atoms with Crippen LogP contribution in [0.1, 0.15) is 18.9 Å². The Morgan fingerprint density at radius 1 is 1.35 bits per heavy atom. The van der Waals surface area contributed by atoms with E-state index >= 15 is 0 Å². The molecule has 17 heavy (non-hydrogen) atoms. The van der Waals surface area contributed by atoms with Crippen LogP contribution in [0.5, 0.6) is 0 Å². The van der Waals surface area contributed by atoms with Gasteiger partial charge in [0, 0.05) is 36.7 Å². The van der Waals surface area contributed by atoms with E-state index in [-0.39, 0.29) is 0 Å². The third-order valence-corrected chi connectivity index (χ3v) is 4.01. The number of piperazine rings is 1. The summed E-state index contributed by atoms with van der Waals surface area (Å²) in [4.78, 5) is 2.59. The zero-order valence-electron chi connectivity index (χ0n) is 10.5. The van der Waals surface area contributed by atoms with Gasteiger partial charge in [-0.3, -0.25) is 4.90 Å². The molecule has 0 bridgehead atoms. The van der Waals surface area contributed by atoms with Crippen molar-refractivity contribution in [3.8, 4) is 0 Å². The quantitative estimate of drug-likeness (QED) is 0.919. The Hall–Kier alpha value is -0.380. The lowest BCUT2D eigenvalue weighted by Crippen LogP contribution is -2.47. The van der Waals surface area contributed by atoms with Crippen LogP contribution < -0.4 is 5.32 Å². The van der Waals surface area contributed by atoms with Gasteiger partial charge in [-0.2, -0.15) is 0 Å². The molecule has 1 fully saturated rings. The first-order valence-electron chi connectivity index (χ1n) is 6.45. The van der Waals surface area contributed by atoms with Gasteiger partial charge in [0.1, 0.15) is 0 Å². The third kappa shape index (κ3) is 4.09. The van der Waals surface area contributed by atoms with Crippen LogP contribution in [0.25, 0.3) is 0 Å². The second-order valence-electron chi connectivity index (χ2n) is 4.80. The minimum Gasteiger partial charge on any atom is -0.314 e. The standard InChI is InChI=1S/C14H21BrN2/c1-12(17-9-7-16-8-10-17)5-6-13-3-2-4-14(15)11-13/h2-4,11-12,16H,5-10H2,1H3. The zero-order chi connectivity index (χ0) is 12.1. The molecule has 0 radical (unpaired) electrons. The number of hydrogen-bond donors (Lipinski definition) is 1. The number of rotatable bonds is 4. The molecule has 2 nitrogen and oxygen atoms in total. The van der Waals surface area contributed by atoms with Gasteiger partial charge >= 0.3 is 0 Å². The summed E-state index contributed by atoms with van der Waals surface area (Å²) in [7, 11) is 0. The highest BCUT2D eigenvalue weighted by Crippen LogP contribution is 2.15. The molecular formula is C14H21BrN2. The highest BCUT2D eigenvalue weighted by atomic mass is 79.9.